The van der Waals surface area contributed by atoms with Crippen molar-refractivity contribution < 1.29 is 19.1 Å². The summed E-state index contributed by atoms with van der Waals surface area (Å²) in [6, 6.07) is 12.8. The molecule has 0 atom stereocenters. The van der Waals surface area contributed by atoms with Crippen LogP contribution in [-0.4, -0.2) is 40.7 Å². The molecular formula is C20H20N4O4S. The van der Waals surface area contributed by atoms with Crippen LogP contribution in [0.25, 0.3) is 5.69 Å². The van der Waals surface area contributed by atoms with E-state index in [4.69, 9.17) is 4.74 Å². The molecular weight excluding hydrogens is 392 g/mol. The Hall–Kier alpha value is -3.46. The molecule has 1 aromatic carbocycles. The summed E-state index contributed by atoms with van der Waals surface area (Å²) >= 11 is 1.27. The van der Waals surface area contributed by atoms with Gasteiger partial charge in [0.25, 0.3) is 11.8 Å². The van der Waals surface area contributed by atoms with Gasteiger partial charge >= 0.3 is 5.97 Å². The van der Waals surface area contributed by atoms with Crippen molar-refractivity contribution in [1.29, 1.82) is 0 Å². The number of esters is 1. The van der Waals surface area contributed by atoms with Crippen molar-refractivity contribution in [2.75, 3.05) is 18.5 Å². The van der Waals surface area contributed by atoms with E-state index in [0.717, 1.165) is 16.9 Å². The molecule has 150 valence electrons. The molecule has 2 heterocycles. The molecule has 2 amide bonds. The van der Waals surface area contributed by atoms with E-state index in [-0.39, 0.29) is 12.5 Å². The normalized spacial score (nSPS) is 10.4. The van der Waals surface area contributed by atoms with Crippen LogP contribution in [0.3, 0.4) is 0 Å². The molecule has 0 aliphatic carbocycles. The van der Waals surface area contributed by atoms with Crippen LogP contribution in [0.1, 0.15) is 20.9 Å². The summed E-state index contributed by atoms with van der Waals surface area (Å²) in [5, 5.41) is 11.3. The average molecular weight is 412 g/mol. The number of hydrogen-bond acceptors (Lipinski definition) is 6. The Bertz CT molecular complexity index is 1010. The molecule has 0 aliphatic heterocycles. The van der Waals surface area contributed by atoms with Gasteiger partial charge in [0.2, 0.25) is 0 Å². The Balaban J connectivity index is 1.51. The molecule has 9 heteroatoms. The number of nitrogens with one attached hydrogen (secondary N) is 2. The number of rotatable bonds is 7. The standard InChI is InChI=1S/C20H20N4O4S/c1-13-5-7-15(8-6-13)24-17(10-14(2)23-24)22-18(25)12-28-19(26)11-21-20(27)16-4-3-9-29-16/h3-10H,11-12H2,1-2H3,(H,21,27)(H,22,25). The molecule has 0 spiro atoms. The van der Waals surface area contributed by atoms with Gasteiger partial charge in [-0.05, 0) is 37.4 Å². The Morgan fingerprint density at radius 3 is 2.59 bits per heavy atom. The summed E-state index contributed by atoms with van der Waals surface area (Å²) in [6.45, 7) is 3.02. The van der Waals surface area contributed by atoms with Crippen LogP contribution in [0.5, 0.6) is 0 Å². The number of hydrogen-bond donors (Lipinski definition) is 2. The lowest BCUT2D eigenvalue weighted by Gasteiger charge is -2.10. The largest absolute Gasteiger partial charge is 0.454 e. The van der Waals surface area contributed by atoms with Crippen molar-refractivity contribution >= 4 is 34.9 Å². The molecule has 0 bridgehead atoms. The van der Waals surface area contributed by atoms with Gasteiger partial charge in [-0.3, -0.25) is 14.4 Å². The molecule has 8 nitrogen and oxygen atoms in total. The summed E-state index contributed by atoms with van der Waals surface area (Å²) in [7, 11) is 0. The van der Waals surface area contributed by atoms with Crippen LogP contribution in [0, 0.1) is 13.8 Å². The summed E-state index contributed by atoms with van der Waals surface area (Å²) in [5.74, 6) is -1.10. The lowest BCUT2D eigenvalue weighted by Crippen LogP contribution is -2.32. The molecule has 29 heavy (non-hydrogen) atoms. The van der Waals surface area contributed by atoms with Crippen molar-refractivity contribution in [2.24, 2.45) is 0 Å². The molecule has 0 aliphatic rings. The Morgan fingerprint density at radius 1 is 1.14 bits per heavy atom. The van der Waals surface area contributed by atoms with E-state index in [1.807, 2.05) is 38.1 Å². The van der Waals surface area contributed by atoms with Crippen molar-refractivity contribution in [2.45, 2.75) is 13.8 Å². The number of aryl methyl sites for hydroxylation is 2. The second kappa shape index (κ2) is 9.16. The first-order valence-corrected chi connectivity index (χ1v) is 9.71. The minimum atomic E-state index is -0.701. The van der Waals surface area contributed by atoms with Gasteiger partial charge in [-0.15, -0.1) is 11.3 Å². The highest BCUT2D eigenvalue weighted by atomic mass is 32.1. The van der Waals surface area contributed by atoms with E-state index >= 15 is 0 Å². The molecule has 3 aromatic rings. The van der Waals surface area contributed by atoms with Crippen LogP contribution in [0.4, 0.5) is 5.82 Å². The summed E-state index contributed by atoms with van der Waals surface area (Å²) in [6.07, 6.45) is 0. The third kappa shape index (κ3) is 5.52. The minimum absolute atomic E-state index is 0.315. The van der Waals surface area contributed by atoms with E-state index in [9.17, 15) is 14.4 Å². The van der Waals surface area contributed by atoms with Gasteiger partial charge in [-0.25, -0.2) is 4.68 Å². The predicted molar refractivity (Wildman–Crippen MR) is 109 cm³/mol. The van der Waals surface area contributed by atoms with E-state index in [0.29, 0.717) is 10.7 Å². The fourth-order valence-corrected chi connectivity index (χ4v) is 3.13. The van der Waals surface area contributed by atoms with Crippen LogP contribution < -0.4 is 10.6 Å². The summed E-state index contributed by atoms with van der Waals surface area (Å²) in [4.78, 5) is 36.2. The van der Waals surface area contributed by atoms with Crippen molar-refractivity contribution in [1.82, 2.24) is 15.1 Å². The first-order chi connectivity index (χ1) is 13.9. The molecule has 0 saturated carbocycles. The maximum Gasteiger partial charge on any atom is 0.325 e. The third-order valence-corrected chi connectivity index (χ3v) is 4.75. The highest BCUT2D eigenvalue weighted by Crippen LogP contribution is 2.17. The monoisotopic (exact) mass is 412 g/mol. The number of thiophene rings is 1. The molecule has 2 N–H and O–H groups in total. The fourth-order valence-electron chi connectivity index (χ4n) is 2.49. The number of carbonyl (C=O) groups excluding carboxylic acids is 3. The van der Waals surface area contributed by atoms with Gasteiger partial charge in [-0.2, -0.15) is 5.10 Å². The summed E-state index contributed by atoms with van der Waals surface area (Å²) < 4.78 is 6.53. The van der Waals surface area contributed by atoms with Gasteiger partial charge in [0.05, 0.1) is 16.3 Å². The first kappa shape index (κ1) is 20.3. The smallest absolute Gasteiger partial charge is 0.325 e. The lowest BCUT2D eigenvalue weighted by atomic mass is 10.2. The van der Waals surface area contributed by atoms with Crippen LogP contribution in [-0.2, 0) is 14.3 Å². The third-order valence-electron chi connectivity index (χ3n) is 3.88. The molecule has 2 aromatic heterocycles. The van der Waals surface area contributed by atoms with E-state index in [2.05, 4.69) is 15.7 Å². The number of carbonyl (C=O) groups is 3. The highest BCUT2D eigenvalue weighted by Gasteiger charge is 2.14. The fraction of sp³-hybridized carbons (Fsp3) is 0.200. The van der Waals surface area contributed by atoms with E-state index in [1.54, 1.807) is 28.3 Å². The van der Waals surface area contributed by atoms with E-state index in [1.165, 1.54) is 11.3 Å². The van der Waals surface area contributed by atoms with Gasteiger partial charge < -0.3 is 15.4 Å². The predicted octanol–water partition coefficient (Wildman–Crippen LogP) is 2.46. The van der Waals surface area contributed by atoms with E-state index < -0.39 is 18.5 Å². The minimum Gasteiger partial charge on any atom is -0.454 e. The zero-order valence-corrected chi connectivity index (χ0v) is 16.8. The Morgan fingerprint density at radius 2 is 1.90 bits per heavy atom. The first-order valence-electron chi connectivity index (χ1n) is 8.83. The maximum absolute atomic E-state index is 12.2. The zero-order valence-electron chi connectivity index (χ0n) is 16.0. The van der Waals surface area contributed by atoms with Crippen LogP contribution in [0.15, 0.2) is 47.8 Å². The van der Waals surface area contributed by atoms with Crippen molar-refractivity contribution in [3.05, 3.63) is 64.0 Å². The van der Waals surface area contributed by atoms with Crippen LogP contribution in [0.2, 0.25) is 0 Å². The van der Waals surface area contributed by atoms with Gasteiger partial charge in [0, 0.05) is 6.07 Å². The van der Waals surface area contributed by atoms with Crippen molar-refractivity contribution in [3.8, 4) is 5.69 Å². The number of ether oxygens (including phenoxy) is 1. The molecule has 0 saturated heterocycles. The van der Waals surface area contributed by atoms with Crippen LogP contribution >= 0.6 is 11.3 Å². The topological polar surface area (TPSA) is 102 Å². The maximum atomic E-state index is 12.2. The number of nitrogens with zero attached hydrogens (tertiary/aromatic N) is 2. The van der Waals surface area contributed by atoms with Gasteiger partial charge in [-0.1, -0.05) is 23.8 Å². The number of anilines is 1. The van der Waals surface area contributed by atoms with Crippen molar-refractivity contribution in [3.63, 3.8) is 0 Å². The SMILES string of the molecule is Cc1ccc(-n2nc(C)cc2NC(=O)COC(=O)CNC(=O)c2cccs2)cc1. The number of aromatic nitrogens is 2. The number of benzene rings is 1. The Labute approximate surface area is 171 Å². The molecule has 0 unspecified atom stereocenters. The van der Waals surface area contributed by atoms with Gasteiger partial charge in [0.15, 0.2) is 6.61 Å². The Kier molecular flexibility index (Phi) is 6.40. The quantitative estimate of drug-likeness (QED) is 0.581. The molecule has 3 rings (SSSR count). The lowest BCUT2D eigenvalue weighted by molar-refractivity contribution is -0.146. The second-order valence-corrected chi connectivity index (χ2v) is 7.23. The average Bonchev–Trinajstić information content (AvgIpc) is 3.35. The summed E-state index contributed by atoms with van der Waals surface area (Å²) in [5.41, 5.74) is 2.64. The molecule has 0 radical (unpaired) electrons. The highest BCUT2D eigenvalue weighted by molar-refractivity contribution is 7.12. The zero-order chi connectivity index (χ0) is 20.8. The number of amides is 2. The second-order valence-electron chi connectivity index (χ2n) is 6.29. The molecule has 0 fully saturated rings. The van der Waals surface area contributed by atoms with Gasteiger partial charge in [0.1, 0.15) is 12.4 Å².